The molecule has 0 spiro atoms. The number of fused-ring (bicyclic) bond motifs is 2. The van der Waals surface area contributed by atoms with Crippen molar-refractivity contribution in [3.05, 3.63) is 111 Å². The first kappa shape index (κ1) is 29.2. The normalized spacial score (nSPS) is 19.2. The lowest BCUT2D eigenvalue weighted by atomic mass is 9.86. The number of carbonyl (C=O) groups is 1. The molecule has 7 rings (SSSR count). The van der Waals surface area contributed by atoms with Gasteiger partial charge in [-0.25, -0.2) is 4.98 Å². The summed E-state index contributed by atoms with van der Waals surface area (Å²) in [6, 6.07) is 21.2. The van der Waals surface area contributed by atoms with Crippen molar-refractivity contribution in [3.63, 3.8) is 0 Å². The Labute approximate surface area is 265 Å². The number of ketones is 1. The van der Waals surface area contributed by atoms with E-state index in [2.05, 4.69) is 15.6 Å². The van der Waals surface area contributed by atoms with E-state index in [0.29, 0.717) is 45.1 Å². The van der Waals surface area contributed by atoms with Crippen LogP contribution in [-0.4, -0.2) is 45.6 Å². The Kier molecular flexibility index (Phi) is 7.40. The predicted molar refractivity (Wildman–Crippen MR) is 175 cm³/mol. The van der Waals surface area contributed by atoms with Crippen molar-refractivity contribution in [1.82, 2.24) is 19.9 Å². The Balaban J connectivity index is 1.36. The minimum absolute atomic E-state index is 0.000819. The van der Waals surface area contributed by atoms with E-state index in [1.807, 2.05) is 69.3 Å². The summed E-state index contributed by atoms with van der Waals surface area (Å²) in [4.78, 5) is 38.1. The second-order valence-electron chi connectivity index (χ2n) is 12.0. The molecule has 0 amide bonds. The molecule has 9 nitrogen and oxygen atoms in total. The number of benzene rings is 3. The second-order valence-corrected chi connectivity index (χ2v) is 12.4. The third-order valence-electron chi connectivity index (χ3n) is 8.34. The molecule has 0 aliphatic carbocycles. The molecule has 4 heterocycles. The highest BCUT2D eigenvalue weighted by molar-refractivity contribution is 6.33. The molecular formula is C35H32ClN5O4. The van der Waals surface area contributed by atoms with E-state index < -0.39 is 17.2 Å². The number of carbonyl (C=O) groups excluding carboxylic acids is 1. The van der Waals surface area contributed by atoms with Gasteiger partial charge in [-0.2, -0.15) is 4.98 Å². The van der Waals surface area contributed by atoms with Gasteiger partial charge in [0.05, 0.1) is 18.3 Å². The summed E-state index contributed by atoms with van der Waals surface area (Å²) in [5.74, 6) is 0.525. The Bertz CT molecular complexity index is 2000. The van der Waals surface area contributed by atoms with Gasteiger partial charge in [0.2, 0.25) is 5.95 Å². The Morgan fingerprint density at radius 2 is 1.80 bits per heavy atom. The Hall–Kier alpha value is -4.57. The summed E-state index contributed by atoms with van der Waals surface area (Å²) < 4.78 is 13.7. The molecule has 0 bridgehead atoms. The van der Waals surface area contributed by atoms with E-state index in [-0.39, 0.29) is 17.8 Å². The number of aryl methyl sites for hydroxylation is 1. The third-order valence-corrected chi connectivity index (χ3v) is 8.66. The maximum atomic E-state index is 14.5. The van der Waals surface area contributed by atoms with Crippen molar-refractivity contribution in [1.29, 1.82) is 0 Å². The summed E-state index contributed by atoms with van der Waals surface area (Å²) >= 11 is 6.66. The van der Waals surface area contributed by atoms with Crippen molar-refractivity contribution in [2.24, 2.45) is 0 Å². The van der Waals surface area contributed by atoms with Gasteiger partial charge in [0, 0.05) is 46.5 Å². The number of pyridine rings is 1. The van der Waals surface area contributed by atoms with Crippen molar-refractivity contribution >= 4 is 40.1 Å². The van der Waals surface area contributed by atoms with Gasteiger partial charge in [0.25, 0.3) is 5.56 Å². The number of ether oxygens (including phenoxy) is 2. The number of para-hydroxylation sites is 1. The smallest absolute Gasteiger partial charge is 0.260 e. The second kappa shape index (κ2) is 11.4. The van der Waals surface area contributed by atoms with E-state index in [1.165, 1.54) is 4.57 Å². The zero-order chi connectivity index (χ0) is 31.3. The summed E-state index contributed by atoms with van der Waals surface area (Å²) in [6.07, 6.45) is 1.65. The quantitative estimate of drug-likeness (QED) is 0.232. The highest BCUT2D eigenvalue weighted by Gasteiger charge is 2.46. The van der Waals surface area contributed by atoms with Gasteiger partial charge >= 0.3 is 0 Å². The summed E-state index contributed by atoms with van der Waals surface area (Å²) in [5, 5.41) is 7.61. The average Bonchev–Trinajstić information content (AvgIpc) is 3.03. The molecule has 2 aliphatic rings. The molecule has 0 saturated carbocycles. The lowest BCUT2D eigenvalue weighted by Gasteiger charge is -2.39. The first-order valence-corrected chi connectivity index (χ1v) is 15.3. The fourth-order valence-corrected chi connectivity index (χ4v) is 6.47. The molecule has 1 fully saturated rings. The van der Waals surface area contributed by atoms with Gasteiger partial charge in [-0.3, -0.25) is 14.2 Å². The molecule has 0 radical (unpaired) electrons. The topological polar surface area (TPSA) is 107 Å². The zero-order valence-corrected chi connectivity index (χ0v) is 25.9. The average molecular weight is 622 g/mol. The maximum absolute atomic E-state index is 14.5. The summed E-state index contributed by atoms with van der Waals surface area (Å²) in [6.45, 7) is 7.83. The zero-order valence-electron chi connectivity index (χ0n) is 25.1. The van der Waals surface area contributed by atoms with Gasteiger partial charge in [-0.05, 0) is 68.3 Å². The van der Waals surface area contributed by atoms with Crippen LogP contribution < -0.4 is 20.9 Å². The van der Waals surface area contributed by atoms with Gasteiger partial charge < -0.3 is 20.1 Å². The molecule has 2 aromatic heterocycles. The lowest BCUT2D eigenvalue weighted by molar-refractivity contribution is 0.0277. The van der Waals surface area contributed by atoms with Crippen LogP contribution in [-0.2, 0) is 4.74 Å². The maximum Gasteiger partial charge on any atom is 0.260 e. The molecule has 5 aromatic rings. The van der Waals surface area contributed by atoms with Crippen LogP contribution in [0.4, 0.5) is 11.6 Å². The number of halogens is 1. The highest BCUT2D eigenvalue weighted by atomic mass is 35.5. The molecule has 2 aliphatic heterocycles. The van der Waals surface area contributed by atoms with E-state index in [4.69, 9.17) is 26.1 Å². The number of rotatable bonds is 5. The third kappa shape index (κ3) is 5.37. The predicted octanol–water partition coefficient (Wildman–Crippen LogP) is 6.42. The molecule has 10 heteroatoms. The number of nitrogens with zero attached hydrogens (tertiary/aromatic N) is 3. The number of aromatic nitrogens is 3. The number of anilines is 2. The molecule has 2 unspecified atom stereocenters. The number of hydrogen-bond donors (Lipinski definition) is 2. The fraction of sp³-hybridized carbons (Fsp3) is 0.257. The van der Waals surface area contributed by atoms with Crippen LogP contribution in [0.5, 0.6) is 5.75 Å². The fourth-order valence-electron chi connectivity index (χ4n) is 6.13. The van der Waals surface area contributed by atoms with Gasteiger partial charge in [0.1, 0.15) is 23.0 Å². The van der Waals surface area contributed by atoms with E-state index in [1.54, 1.807) is 30.5 Å². The molecular weight excluding hydrogens is 590 g/mol. The lowest BCUT2D eigenvalue weighted by Crippen LogP contribution is -2.50. The largest absolute Gasteiger partial charge is 0.484 e. The van der Waals surface area contributed by atoms with Crippen molar-refractivity contribution in [2.45, 2.75) is 38.5 Å². The molecule has 3 aromatic carbocycles. The molecule has 2 atom stereocenters. The minimum atomic E-state index is -1.08. The Morgan fingerprint density at radius 1 is 1.00 bits per heavy atom. The SMILES string of the molecule is Cc1ccc(-c2cc3cnc(Nc4ccc(C5CNCCO5)cc4)nc3n(C3C(=O)c4ccccc4OC3(C)C)c2=O)c(Cl)c1. The molecule has 45 heavy (non-hydrogen) atoms. The number of hydrogen-bond acceptors (Lipinski definition) is 8. The van der Waals surface area contributed by atoms with Gasteiger partial charge in [-0.1, -0.05) is 48.0 Å². The monoisotopic (exact) mass is 621 g/mol. The number of nitrogens with one attached hydrogen (secondary N) is 2. The number of morpholine rings is 1. The molecule has 228 valence electrons. The van der Waals surface area contributed by atoms with E-state index in [9.17, 15) is 9.59 Å². The van der Waals surface area contributed by atoms with E-state index >= 15 is 0 Å². The van der Waals surface area contributed by atoms with Gasteiger partial charge in [0.15, 0.2) is 5.78 Å². The Morgan fingerprint density at radius 3 is 2.56 bits per heavy atom. The van der Waals surface area contributed by atoms with E-state index in [0.717, 1.165) is 29.9 Å². The summed E-state index contributed by atoms with van der Waals surface area (Å²) in [5.41, 5.74) is 2.93. The van der Waals surface area contributed by atoms with Crippen molar-refractivity contribution in [3.8, 4) is 16.9 Å². The van der Waals surface area contributed by atoms with Gasteiger partial charge in [-0.15, -0.1) is 0 Å². The van der Waals surface area contributed by atoms with Crippen molar-refractivity contribution in [2.75, 3.05) is 25.0 Å². The van der Waals surface area contributed by atoms with Crippen molar-refractivity contribution < 1.29 is 14.3 Å². The van der Waals surface area contributed by atoms with Crippen LogP contribution in [0.1, 0.15) is 47.5 Å². The molecule has 2 N–H and O–H groups in total. The first-order chi connectivity index (χ1) is 21.7. The van der Waals surface area contributed by atoms with Crippen LogP contribution in [0, 0.1) is 6.92 Å². The minimum Gasteiger partial charge on any atom is -0.484 e. The van der Waals surface area contributed by atoms with Crippen LogP contribution in [0.2, 0.25) is 5.02 Å². The first-order valence-electron chi connectivity index (χ1n) is 14.9. The van der Waals surface area contributed by atoms with Crippen LogP contribution >= 0.6 is 11.6 Å². The standard InChI is InChI=1S/C35H32ClN5O4/c1-20-8-13-24(27(36)16-20)26-17-22-18-38-34(39-23-11-9-21(10-12-23)29-19-37-14-15-44-29)40-32(22)41(33(26)43)31-30(42)25-6-4-5-7-28(25)45-35(31,2)3/h4-13,16-18,29,31,37H,14-15,19H2,1-3H3,(H,38,39,40). The summed E-state index contributed by atoms with van der Waals surface area (Å²) in [7, 11) is 0. The van der Waals surface area contributed by atoms with Crippen LogP contribution in [0.25, 0.3) is 22.2 Å². The van der Waals surface area contributed by atoms with Crippen LogP contribution in [0.15, 0.2) is 83.8 Å². The molecule has 1 saturated heterocycles. The van der Waals surface area contributed by atoms with Crippen LogP contribution in [0.3, 0.4) is 0 Å². The number of Topliss-reactive ketones (excluding diaryl/α,β-unsaturated/α-hetero) is 1. The highest BCUT2D eigenvalue weighted by Crippen LogP contribution is 2.41.